The molecule has 11 atom stereocenters. The average Bonchev–Trinajstić information content (AvgIpc) is 2.73. The molecular formula is C18H34N2O13. The molecule has 33 heavy (non-hydrogen) atoms. The molecule has 0 unspecified atom stereocenters. The Kier molecular flexibility index (Phi) is 10.5. The molecule has 13 N–H and O–H groups in total. The highest BCUT2D eigenvalue weighted by Crippen LogP contribution is 2.40. The first-order chi connectivity index (χ1) is 14.9. The Labute approximate surface area is 188 Å². The maximum atomic E-state index is 12.1. The number of ether oxygens (including phenoxy) is 2. The van der Waals surface area contributed by atoms with E-state index >= 15 is 0 Å². The first kappa shape index (κ1) is 29.5. The second kappa shape index (κ2) is 11.8. The molecule has 0 aromatic carbocycles. The SMILES string of the molecule is CC(=O)N[C@H]1[C@H]([C@H](O)[C@H](O)CO)O[C@@](C[C@@H]2[C@@H](O)[C@H](O)O[C@H](CO)[C@@H]2O)(C(=O)[O-])C[C@@H]1O.[NH4+]. The summed E-state index contributed by atoms with van der Waals surface area (Å²) in [6, 6.07) is -1.39. The zero-order chi connectivity index (χ0) is 24.4. The molecule has 2 aliphatic rings. The van der Waals surface area contributed by atoms with Gasteiger partial charge in [-0.3, -0.25) is 4.79 Å². The molecule has 0 saturated carbocycles. The molecule has 0 radical (unpaired) electrons. The van der Waals surface area contributed by atoms with Gasteiger partial charge in [-0.25, -0.2) is 0 Å². The second-order valence-corrected chi connectivity index (χ2v) is 8.20. The van der Waals surface area contributed by atoms with Crippen molar-refractivity contribution in [2.45, 2.75) is 80.4 Å². The van der Waals surface area contributed by atoms with Crippen molar-refractivity contribution in [3.8, 4) is 0 Å². The van der Waals surface area contributed by atoms with E-state index in [1.165, 1.54) is 0 Å². The number of aliphatic carboxylic acids is 1. The Morgan fingerprint density at radius 1 is 1.15 bits per heavy atom. The van der Waals surface area contributed by atoms with Crippen molar-refractivity contribution >= 4 is 11.9 Å². The molecule has 0 aromatic heterocycles. The number of amides is 1. The number of carbonyl (C=O) groups is 2. The van der Waals surface area contributed by atoms with Crippen molar-refractivity contribution in [3.05, 3.63) is 0 Å². The van der Waals surface area contributed by atoms with Crippen LogP contribution in [0.1, 0.15) is 19.8 Å². The van der Waals surface area contributed by atoms with E-state index in [2.05, 4.69) is 5.32 Å². The molecule has 1 amide bonds. The number of aliphatic hydroxyl groups excluding tert-OH is 8. The molecule has 0 spiro atoms. The van der Waals surface area contributed by atoms with Gasteiger partial charge in [-0.15, -0.1) is 0 Å². The maximum Gasteiger partial charge on any atom is 0.217 e. The summed E-state index contributed by atoms with van der Waals surface area (Å²) in [6.45, 7) is -0.633. The van der Waals surface area contributed by atoms with Gasteiger partial charge in [-0.1, -0.05) is 0 Å². The third-order valence-corrected chi connectivity index (χ3v) is 5.94. The van der Waals surface area contributed by atoms with Crippen molar-refractivity contribution in [1.82, 2.24) is 11.5 Å². The van der Waals surface area contributed by atoms with Crippen LogP contribution in [-0.2, 0) is 19.1 Å². The number of carboxylic acids is 1. The first-order valence-electron chi connectivity index (χ1n) is 10.0. The van der Waals surface area contributed by atoms with Gasteiger partial charge in [0.05, 0.1) is 37.4 Å². The van der Waals surface area contributed by atoms with Crippen LogP contribution in [0.3, 0.4) is 0 Å². The fourth-order valence-electron chi connectivity index (χ4n) is 4.24. The topological polar surface area (TPSA) is 286 Å². The van der Waals surface area contributed by atoms with Crippen LogP contribution in [-0.4, -0.2) is 127 Å². The van der Waals surface area contributed by atoms with Gasteiger partial charge in [0, 0.05) is 19.3 Å². The van der Waals surface area contributed by atoms with Crippen molar-refractivity contribution < 1.29 is 65.0 Å². The number of aliphatic hydroxyl groups is 8. The van der Waals surface area contributed by atoms with Crippen molar-refractivity contribution in [3.63, 3.8) is 0 Å². The molecule has 0 aromatic rings. The van der Waals surface area contributed by atoms with Gasteiger partial charge in [0.1, 0.15) is 36.1 Å². The van der Waals surface area contributed by atoms with Gasteiger partial charge in [0.2, 0.25) is 5.91 Å². The van der Waals surface area contributed by atoms with Crippen molar-refractivity contribution in [2.75, 3.05) is 13.2 Å². The van der Waals surface area contributed by atoms with Crippen LogP contribution in [0.4, 0.5) is 0 Å². The number of carboxylic acid groups (broad SMARTS) is 1. The summed E-state index contributed by atoms with van der Waals surface area (Å²) >= 11 is 0. The van der Waals surface area contributed by atoms with E-state index in [1.807, 2.05) is 0 Å². The first-order valence-corrected chi connectivity index (χ1v) is 10.0. The molecule has 0 aliphatic carbocycles. The highest BCUT2D eigenvalue weighted by atomic mass is 16.6. The summed E-state index contributed by atoms with van der Waals surface area (Å²) in [5, 5.41) is 94.3. The third-order valence-electron chi connectivity index (χ3n) is 5.94. The summed E-state index contributed by atoms with van der Waals surface area (Å²) in [7, 11) is 0. The van der Waals surface area contributed by atoms with Crippen molar-refractivity contribution in [2.24, 2.45) is 5.92 Å². The number of rotatable bonds is 8. The molecular weight excluding hydrogens is 452 g/mol. The summed E-state index contributed by atoms with van der Waals surface area (Å²) in [6.07, 6.45) is -15.4. The van der Waals surface area contributed by atoms with Gasteiger partial charge in [-0.05, 0) is 6.42 Å². The van der Waals surface area contributed by atoms with Gasteiger partial charge < -0.3 is 71.7 Å². The van der Waals surface area contributed by atoms with Crippen LogP contribution in [0.15, 0.2) is 0 Å². The lowest BCUT2D eigenvalue weighted by molar-refractivity contribution is -0.346. The Bertz CT molecular complexity index is 669. The number of nitrogens with one attached hydrogen (secondary N) is 1. The van der Waals surface area contributed by atoms with Crippen LogP contribution in [0.5, 0.6) is 0 Å². The van der Waals surface area contributed by atoms with E-state index in [0.717, 1.165) is 6.92 Å². The summed E-state index contributed by atoms with van der Waals surface area (Å²) < 4.78 is 10.4. The van der Waals surface area contributed by atoms with Crippen molar-refractivity contribution in [1.29, 1.82) is 0 Å². The zero-order valence-corrected chi connectivity index (χ0v) is 18.2. The smallest absolute Gasteiger partial charge is 0.217 e. The Hall–Kier alpha value is -1.50. The number of quaternary nitrogens is 1. The second-order valence-electron chi connectivity index (χ2n) is 8.20. The van der Waals surface area contributed by atoms with E-state index in [-0.39, 0.29) is 6.15 Å². The fourth-order valence-corrected chi connectivity index (χ4v) is 4.24. The fraction of sp³-hybridized carbons (Fsp3) is 0.889. The van der Waals surface area contributed by atoms with Gasteiger partial charge in [0.15, 0.2) is 6.29 Å². The predicted octanol–water partition coefficient (Wildman–Crippen LogP) is -6.34. The monoisotopic (exact) mass is 486 g/mol. The van der Waals surface area contributed by atoms with Gasteiger partial charge >= 0.3 is 0 Å². The van der Waals surface area contributed by atoms with E-state index in [4.69, 9.17) is 14.6 Å². The normalized spacial score (nSPS) is 40.9. The van der Waals surface area contributed by atoms with E-state index < -0.39 is 105 Å². The van der Waals surface area contributed by atoms with E-state index in [9.17, 15) is 50.4 Å². The van der Waals surface area contributed by atoms with Crippen LogP contribution in [0, 0.1) is 5.92 Å². The maximum absolute atomic E-state index is 12.1. The van der Waals surface area contributed by atoms with Gasteiger partial charge in [0.25, 0.3) is 0 Å². The molecule has 2 heterocycles. The third kappa shape index (κ3) is 6.14. The molecule has 0 bridgehead atoms. The quantitative estimate of drug-likeness (QED) is 0.153. The zero-order valence-electron chi connectivity index (χ0n) is 18.2. The van der Waals surface area contributed by atoms with Crippen LogP contribution in [0.25, 0.3) is 0 Å². The molecule has 15 nitrogen and oxygen atoms in total. The lowest BCUT2D eigenvalue weighted by atomic mass is 9.74. The van der Waals surface area contributed by atoms with E-state index in [1.54, 1.807) is 0 Å². The lowest BCUT2D eigenvalue weighted by Crippen LogP contribution is -2.70. The number of carbonyl (C=O) groups excluding carboxylic acids is 2. The molecule has 194 valence electrons. The Morgan fingerprint density at radius 3 is 2.24 bits per heavy atom. The van der Waals surface area contributed by atoms with Crippen LogP contribution >= 0.6 is 0 Å². The number of hydrogen-bond acceptors (Lipinski definition) is 13. The molecule has 15 heteroatoms. The minimum Gasteiger partial charge on any atom is -0.547 e. The molecule has 2 aliphatic heterocycles. The standard InChI is InChI=1S/C18H31NO13.H3N/c1-6(22)19-11-8(23)3-18(17(29)30,32-15(11)14(27)9(24)4-20)2-7-12(25)10(5-21)31-16(28)13(7)26;/h7-16,20-21,23-28H,2-5H2,1H3,(H,19,22)(H,29,30);1H3/t7-,8-,9+,10+,11+,12+,13+,14+,15+,16+,18+;/m0./s1. The highest BCUT2D eigenvalue weighted by Gasteiger charge is 2.55. The number of hydrogen-bond donors (Lipinski definition) is 10. The predicted molar refractivity (Wildman–Crippen MR) is 104 cm³/mol. The van der Waals surface area contributed by atoms with Crippen LogP contribution in [0.2, 0.25) is 0 Å². The Morgan fingerprint density at radius 2 is 1.76 bits per heavy atom. The Balaban J connectivity index is 0.00000544. The molecule has 2 saturated heterocycles. The minimum atomic E-state index is -2.47. The average molecular weight is 486 g/mol. The summed E-state index contributed by atoms with van der Waals surface area (Å²) in [5.74, 6) is -4.02. The highest BCUT2D eigenvalue weighted by molar-refractivity contribution is 5.76. The largest absolute Gasteiger partial charge is 0.547 e. The van der Waals surface area contributed by atoms with Gasteiger partial charge in [-0.2, -0.15) is 0 Å². The summed E-state index contributed by atoms with van der Waals surface area (Å²) in [4.78, 5) is 23.7. The van der Waals surface area contributed by atoms with Crippen LogP contribution < -0.4 is 16.6 Å². The molecule has 2 fully saturated rings. The lowest BCUT2D eigenvalue weighted by Gasteiger charge is -2.52. The minimum absolute atomic E-state index is 0. The van der Waals surface area contributed by atoms with E-state index in [0.29, 0.717) is 0 Å². The molecule has 2 rings (SSSR count). The summed E-state index contributed by atoms with van der Waals surface area (Å²) in [5.41, 5.74) is -2.47.